The third-order valence-electron chi connectivity index (χ3n) is 5.51. The lowest BCUT2D eigenvalue weighted by molar-refractivity contribution is 0.807. The summed E-state index contributed by atoms with van der Waals surface area (Å²) in [6.07, 6.45) is 1.65. The number of hydrogen-bond acceptors (Lipinski definition) is 3. The lowest BCUT2D eigenvalue weighted by Crippen LogP contribution is -2.25. The molecule has 0 aliphatic rings. The van der Waals surface area contributed by atoms with E-state index in [4.69, 9.17) is 16.3 Å². The van der Waals surface area contributed by atoms with Crippen LogP contribution in [0.2, 0.25) is 5.02 Å². The van der Waals surface area contributed by atoms with Crippen LogP contribution in [0.1, 0.15) is 0 Å². The van der Waals surface area contributed by atoms with Gasteiger partial charge in [0.25, 0.3) is 5.56 Å². The summed E-state index contributed by atoms with van der Waals surface area (Å²) in [5.41, 5.74) is 0.937. The topological polar surface area (TPSA) is 47.2 Å². The highest BCUT2D eigenvalue weighted by Gasteiger charge is 2.27. The minimum absolute atomic E-state index is 0.254. The first-order valence-corrected chi connectivity index (χ1v) is 12.9. The van der Waals surface area contributed by atoms with E-state index in [9.17, 15) is 4.79 Å². The van der Waals surface area contributed by atoms with Gasteiger partial charge in [0.05, 0.1) is 24.6 Å². The van der Waals surface area contributed by atoms with Crippen molar-refractivity contribution in [2.75, 3.05) is 0 Å². The van der Waals surface area contributed by atoms with Crippen molar-refractivity contribution in [2.24, 2.45) is 4.74 Å². The Balaban J connectivity index is 1.78. The van der Waals surface area contributed by atoms with E-state index >= 15 is 0 Å². The van der Waals surface area contributed by atoms with Gasteiger partial charge in [0.2, 0.25) is 0 Å². The number of hydrogen-bond donors (Lipinski definition) is 0. The van der Waals surface area contributed by atoms with Crippen molar-refractivity contribution in [2.45, 2.75) is 0 Å². The van der Waals surface area contributed by atoms with E-state index in [1.54, 1.807) is 36.5 Å². The van der Waals surface area contributed by atoms with Gasteiger partial charge in [0, 0.05) is 27.0 Å². The molecule has 0 amide bonds. The lowest BCUT2D eigenvalue weighted by Gasteiger charge is -2.26. The Bertz CT molecular complexity index is 1410. The van der Waals surface area contributed by atoms with E-state index in [2.05, 4.69) is 41.5 Å². The number of rotatable bonds is 5. The summed E-state index contributed by atoms with van der Waals surface area (Å²) in [5.74, 6) is 0. The molecule has 0 aliphatic heterocycles. The minimum atomic E-state index is -2.47. The molecule has 0 unspecified atom stereocenters. The van der Waals surface area contributed by atoms with Crippen molar-refractivity contribution in [3.63, 3.8) is 0 Å². The second-order valence-electron chi connectivity index (χ2n) is 7.68. The van der Waals surface area contributed by atoms with Gasteiger partial charge in [0.1, 0.15) is 0 Å². The third kappa shape index (κ3) is 4.26. The number of halogens is 1. The average Bonchev–Trinajstić information content (AvgIpc) is 2.90. The maximum atomic E-state index is 13.0. The lowest BCUT2D eigenvalue weighted by atomic mass is 10.3. The van der Waals surface area contributed by atoms with Gasteiger partial charge < -0.3 is 0 Å². The molecule has 0 saturated carbocycles. The molecular formula is C28H21ClN3OP. The Morgan fingerprint density at radius 3 is 1.59 bits per heavy atom. The van der Waals surface area contributed by atoms with Gasteiger partial charge in [-0.25, -0.2) is 0 Å². The van der Waals surface area contributed by atoms with E-state index < -0.39 is 7.05 Å². The zero-order valence-corrected chi connectivity index (χ0v) is 19.8. The molecule has 166 valence electrons. The van der Waals surface area contributed by atoms with Crippen molar-refractivity contribution in [3.8, 4) is 5.69 Å². The summed E-state index contributed by atoms with van der Waals surface area (Å²) in [6.45, 7) is 0. The van der Waals surface area contributed by atoms with Gasteiger partial charge in [-0.1, -0.05) is 103 Å². The van der Waals surface area contributed by atoms with E-state index in [1.807, 2.05) is 54.6 Å². The quantitative estimate of drug-likeness (QED) is 0.302. The fraction of sp³-hybridized carbons (Fsp3) is 0. The van der Waals surface area contributed by atoms with Gasteiger partial charge in [-0.05, 0) is 24.3 Å². The van der Waals surface area contributed by atoms with Crippen LogP contribution in [0.3, 0.4) is 0 Å². The molecule has 6 heteroatoms. The zero-order valence-electron chi connectivity index (χ0n) is 18.2. The Morgan fingerprint density at radius 2 is 1.15 bits per heavy atom. The van der Waals surface area contributed by atoms with Crippen LogP contribution in [-0.2, 0) is 0 Å². The van der Waals surface area contributed by atoms with E-state index in [0.717, 1.165) is 15.9 Å². The molecule has 5 aromatic rings. The molecule has 0 bridgehead atoms. The van der Waals surface area contributed by atoms with Crippen LogP contribution in [0.25, 0.3) is 5.69 Å². The number of aromatic nitrogens is 2. The summed E-state index contributed by atoms with van der Waals surface area (Å²) in [5, 5.41) is 8.35. The molecule has 1 aromatic heterocycles. The van der Waals surface area contributed by atoms with Gasteiger partial charge in [-0.15, -0.1) is 0 Å². The molecule has 0 aliphatic carbocycles. The molecule has 0 fully saturated rings. The van der Waals surface area contributed by atoms with Gasteiger partial charge in [0.15, 0.2) is 0 Å². The standard InChI is InChI=1S/C28H21ClN3OP/c29-22-16-18-24(19-17-22)32-28(33)20-23(21-30-32)31-34(25-10-4-1-5-11-25,26-12-6-2-7-13-26)27-14-8-3-9-15-27/h1-21H. The van der Waals surface area contributed by atoms with Gasteiger partial charge in [-0.3, -0.25) is 9.54 Å². The van der Waals surface area contributed by atoms with Crippen molar-refractivity contribution in [3.05, 3.63) is 143 Å². The zero-order chi connectivity index (χ0) is 23.4. The molecule has 4 aromatic carbocycles. The Morgan fingerprint density at radius 1 is 0.676 bits per heavy atom. The van der Waals surface area contributed by atoms with E-state index in [1.165, 1.54) is 4.68 Å². The molecule has 0 spiro atoms. The first kappa shape index (κ1) is 22.1. The Hall–Kier alpha value is -3.72. The number of nitrogens with zero attached hydrogens (tertiary/aromatic N) is 3. The van der Waals surface area contributed by atoms with Crippen LogP contribution in [0, 0.1) is 0 Å². The largest absolute Gasteiger partial charge is 0.273 e. The van der Waals surface area contributed by atoms with Crippen molar-refractivity contribution in [1.82, 2.24) is 9.78 Å². The van der Waals surface area contributed by atoms with Crippen LogP contribution in [0.5, 0.6) is 0 Å². The van der Waals surface area contributed by atoms with Crippen molar-refractivity contribution >= 4 is 40.3 Å². The predicted octanol–water partition coefficient (Wildman–Crippen LogP) is 5.70. The first-order valence-electron chi connectivity index (χ1n) is 10.8. The normalized spacial score (nSPS) is 11.2. The van der Waals surface area contributed by atoms with Crippen LogP contribution in [-0.4, -0.2) is 9.78 Å². The highest BCUT2D eigenvalue weighted by molar-refractivity contribution is 7.87. The molecule has 5 rings (SSSR count). The second kappa shape index (κ2) is 9.64. The van der Waals surface area contributed by atoms with Crippen LogP contribution in [0.15, 0.2) is 137 Å². The van der Waals surface area contributed by atoms with Crippen molar-refractivity contribution < 1.29 is 0 Å². The second-order valence-corrected chi connectivity index (χ2v) is 11.1. The van der Waals surface area contributed by atoms with E-state index in [-0.39, 0.29) is 5.56 Å². The predicted molar refractivity (Wildman–Crippen MR) is 142 cm³/mol. The minimum Gasteiger partial charge on any atom is -0.267 e. The van der Waals surface area contributed by atoms with Gasteiger partial charge >= 0.3 is 0 Å². The summed E-state index contributed by atoms with van der Waals surface area (Å²) < 4.78 is 6.67. The van der Waals surface area contributed by atoms with Crippen LogP contribution in [0.4, 0.5) is 5.69 Å². The Kier molecular flexibility index (Phi) is 6.27. The average molecular weight is 482 g/mol. The Labute approximate surface area is 203 Å². The smallest absolute Gasteiger partial charge is 0.267 e. The summed E-state index contributed by atoms with van der Waals surface area (Å²) in [4.78, 5) is 13.0. The first-order chi connectivity index (χ1) is 16.7. The molecule has 0 atom stereocenters. The molecule has 1 heterocycles. The third-order valence-corrected chi connectivity index (χ3v) is 9.43. The maximum Gasteiger partial charge on any atom is 0.273 e. The SMILES string of the molecule is O=c1cc(N=P(c2ccccc2)(c2ccccc2)c2ccccc2)cnn1-c1ccc(Cl)cc1. The molecular weight excluding hydrogens is 461 g/mol. The van der Waals surface area contributed by atoms with E-state index in [0.29, 0.717) is 16.4 Å². The molecule has 4 nitrogen and oxygen atoms in total. The van der Waals surface area contributed by atoms with Crippen LogP contribution >= 0.6 is 18.7 Å². The fourth-order valence-corrected chi connectivity index (χ4v) is 7.59. The molecule has 34 heavy (non-hydrogen) atoms. The molecule has 0 N–H and O–H groups in total. The summed E-state index contributed by atoms with van der Waals surface area (Å²) in [7, 11) is -2.47. The van der Waals surface area contributed by atoms with Crippen LogP contribution < -0.4 is 21.5 Å². The highest BCUT2D eigenvalue weighted by Crippen LogP contribution is 2.48. The molecule has 0 saturated heterocycles. The van der Waals surface area contributed by atoms with Crippen molar-refractivity contribution in [1.29, 1.82) is 0 Å². The monoisotopic (exact) mass is 481 g/mol. The summed E-state index contributed by atoms with van der Waals surface area (Å²) >= 11 is 5.99. The summed E-state index contributed by atoms with van der Waals surface area (Å²) in [6, 6.07) is 39.4. The highest BCUT2D eigenvalue weighted by atomic mass is 35.5. The molecule has 0 radical (unpaired) electrons. The maximum absolute atomic E-state index is 13.0. The number of benzene rings is 4. The fourth-order valence-electron chi connectivity index (χ4n) is 3.95. The van der Waals surface area contributed by atoms with Gasteiger partial charge in [-0.2, -0.15) is 9.78 Å².